The van der Waals surface area contributed by atoms with E-state index in [4.69, 9.17) is 17.4 Å². The van der Waals surface area contributed by atoms with Crippen molar-refractivity contribution in [2.75, 3.05) is 0 Å². The molecule has 0 saturated carbocycles. The minimum Gasteiger partial charge on any atom is -0.271 e. The van der Waals surface area contributed by atoms with Crippen molar-refractivity contribution in [3.63, 3.8) is 0 Å². The van der Waals surface area contributed by atoms with Crippen LogP contribution in [0.3, 0.4) is 0 Å². The summed E-state index contributed by atoms with van der Waals surface area (Å²) in [5.74, 6) is 6.39. The van der Waals surface area contributed by atoms with Crippen molar-refractivity contribution in [1.29, 1.82) is 0 Å². The summed E-state index contributed by atoms with van der Waals surface area (Å²) in [6, 6.07) is 13.1. The van der Waals surface area contributed by atoms with Gasteiger partial charge >= 0.3 is 0 Å². The van der Waals surface area contributed by atoms with Gasteiger partial charge in [-0.25, -0.2) is 0 Å². The van der Waals surface area contributed by atoms with E-state index in [9.17, 15) is 0 Å². The molecule has 0 saturated heterocycles. The maximum Gasteiger partial charge on any atom is 0.0931 e. The van der Waals surface area contributed by atoms with Gasteiger partial charge in [0.1, 0.15) is 0 Å². The smallest absolute Gasteiger partial charge is 0.0931 e. The van der Waals surface area contributed by atoms with Crippen molar-refractivity contribution >= 4 is 22.9 Å². The highest BCUT2D eigenvalue weighted by Gasteiger charge is 2.25. The fraction of sp³-hybridized carbons (Fsp3) is 0.375. The summed E-state index contributed by atoms with van der Waals surface area (Å²) in [7, 11) is 0. The fourth-order valence-electron chi connectivity index (χ4n) is 3.11. The van der Waals surface area contributed by atoms with Crippen LogP contribution in [0.25, 0.3) is 0 Å². The zero-order valence-electron chi connectivity index (χ0n) is 11.3. The van der Waals surface area contributed by atoms with E-state index in [1.165, 1.54) is 22.4 Å². The van der Waals surface area contributed by atoms with E-state index in [-0.39, 0.29) is 0 Å². The van der Waals surface area contributed by atoms with Crippen molar-refractivity contribution < 1.29 is 0 Å². The number of halogens is 1. The van der Waals surface area contributed by atoms with Gasteiger partial charge in [-0.15, -0.1) is 11.3 Å². The van der Waals surface area contributed by atoms with Crippen LogP contribution in [0.5, 0.6) is 0 Å². The molecular weight excluding hydrogens is 288 g/mol. The van der Waals surface area contributed by atoms with Gasteiger partial charge in [0, 0.05) is 10.9 Å². The van der Waals surface area contributed by atoms with Crippen LogP contribution in [0.1, 0.15) is 22.4 Å². The number of hydrogen-bond donors (Lipinski definition) is 2. The molecule has 2 aromatic rings. The molecule has 2 atom stereocenters. The summed E-state index contributed by atoms with van der Waals surface area (Å²) in [6.07, 6.45) is 4.43. The molecule has 0 fully saturated rings. The number of hydrogen-bond acceptors (Lipinski definition) is 3. The lowest BCUT2D eigenvalue weighted by atomic mass is 9.79. The Hall–Kier alpha value is -0.870. The number of fused-ring (bicyclic) bond motifs is 1. The van der Waals surface area contributed by atoms with Gasteiger partial charge in [-0.2, -0.15) is 0 Å². The lowest BCUT2D eigenvalue weighted by molar-refractivity contribution is 0.322. The van der Waals surface area contributed by atoms with E-state index in [0.29, 0.717) is 12.0 Å². The van der Waals surface area contributed by atoms with Crippen molar-refractivity contribution in [3.05, 3.63) is 56.7 Å². The second-order valence-corrected chi connectivity index (χ2v) is 7.25. The molecule has 1 aromatic heterocycles. The second-order valence-electron chi connectivity index (χ2n) is 5.45. The van der Waals surface area contributed by atoms with Gasteiger partial charge in [-0.1, -0.05) is 35.9 Å². The first-order chi connectivity index (χ1) is 9.76. The maximum absolute atomic E-state index is 6.01. The lowest BCUT2D eigenvalue weighted by Crippen LogP contribution is -2.44. The number of aryl methyl sites for hydroxylation is 1. The largest absolute Gasteiger partial charge is 0.271 e. The molecule has 3 rings (SSSR count). The summed E-state index contributed by atoms with van der Waals surface area (Å²) in [4.78, 5) is 1.30. The van der Waals surface area contributed by atoms with E-state index in [0.717, 1.165) is 23.6 Å². The summed E-state index contributed by atoms with van der Waals surface area (Å²) in [5.41, 5.74) is 6.00. The zero-order valence-corrected chi connectivity index (χ0v) is 12.9. The van der Waals surface area contributed by atoms with E-state index < -0.39 is 0 Å². The molecule has 1 aliphatic rings. The topological polar surface area (TPSA) is 38.0 Å². The average Bonchev–Trinajstić information content (AvgIpc) is 2.89. The first-order valence-electron chi connectivity index (χ1n) is 7.03. The van der Waals surface area contributed by atoms with Gasteiger partial charge in [0.25, 0.3) is 0 Å². The fourth-order valence-corrected chi connectivity index (χ4v) is 4.26. The molecule has 0 amide bonds. The first-order valence-corrected chi connectivity index (χ1v) is 8.23. The summed E-state index contributed by atoms with van der Waals surface area (Å²) < 4.78 is 0.852. The molecule has 4 heteroatoms. The molecule has 106 valence electrons. The van der Waals surface area contributed by atoms with Crippen LogP contribution in [-0.2, 0) is 19.3 Å². The minimum absolute atomic E-state index is 0.318. The third-order valence-electron chi connectivity index (χ3n) is 4.22. The molecule has 3 N–H and O–H groups in total. The molecule has 0 aliphatic heterocycles. The molecule has 2 nitrogen and oxygen atoms in total. The molecule has 1 aromatic carbocycles. The van der Waals surface area contributed by atoms with Crippen LogP contribution in [0, 0.1) is 5.92 Å². The third-order valence-corrected chi connectivity index (χ3v) is 5.47. The van der Waals surface area contributed by atoms with E-state index in [1.54, 1.807) is 11.3 Å². The van der Waals surface area contributed by atoms with Gasteiger partial charge < -0.3 is 0 Å². The highest BCUT2D eigenvalue weighted by atomic mass is 35.5. The van der Waals surface area contributed by atoms with Crippen LogP contribution in [0.15, 0.2) is 36.4 Å². The van der Waals surface area contributed by atoms with E-state index >= 15 is 0 Å². The summed E-state index contributed by atoms with van der Waals surface area (Å²) in [5, 5.41) is 0. The Morgan fingerprint density at radius 1 is 1.25 bits per heavy atom. The van der Waals surface area contributed by atoms with Gasteiger partial charge in [0.15, 0.2) is 0 Å². The average molecular weight is 307 g/mol. The Balaban J connectivity index is 1.71. The van der Waals surface area contributed by atoms with Crippen molar-refractivity contribution in [2.45, 2.75) is 31.7 Å². The van der Waals surface area contributed by atoms with Crippen molar-refractivity contribution in [2.24, 2.45) is 11.8 Å². The standard InChI is InChI=1S/C16H19ClN2S/c17-16-8-7-14(20-16)10-15(19-18)13-6-5-11-3-1-2-4-12(11)9-13/h1-4,7-8,13,15,19H,5-6,9-10,18H2. The molecule has 0 spiro atoms. The lowest BCUT2D eigenvalue weighted by Gasteiger charge is -2.31. The van der Waals surface area contributed by atoms with Crippen molar-refractivity contribution in [1.82, 2.24) is 5.43 Å². The number of rotatable bonds is 4. The second kappa shape index (κ2) is 6.27. The number of thiophene rings is 1. The molecule has 1 aliphatic carbocycles. The first kappa shape index (κ1) is 14.1. The van der Waals surface area contributed by atoms with Gasteiger partial charge in [0.05, 0.1) is 4.34 Å². The van der Waals surface area contributed by atoms with Crippen molar-refractivity contribution in [3.8, 4) is 0 Å². The Morgan fingerprint density at radius 2 is 2.05 bits per heavy atom. The molecular formula is C16H19ClN2S. The molecule has 2 unspecified atom stereocenters. The van der Waals surface area contributed by atoms with Crippen LogP contribution in [-0.4, -0.2) is 6.04 Å². The predicted octanol–water partition coefficient (Wildman–Crippen LogP) is 3.58. The van der Waals surface area contributed by atoms with Crippen LogP contribution >= 0.6 is 22.9 Å². The normalized spacial score (nSPS) is 19.6. The zero-order chi connectivity index (χ0) is 13.9. The monoisotopic (exact) mass is 306 g/mol. The van der Waals surface area contributed by atoms with Gasteiger partial charge in [-0.05, 0) is 54.9 Å². The van der Waals surface area contributed by atoms with Gasteiger partial charge in [-0.3, -0.25) is 11.3 Å². The quantitative estimate of drug-likeness (QED) is 0.669. The summed E-state index contributed by atoms with van der Waals surface area (Å²) >= 11 is 7.66. The molecule has 0 bridgehead atoms. The molecule has 0 radical (unpaired) electrons. The van der Waals surface area contributed by atoms with E-state index in [2.05, 4.69) is 35.8 Å². The summed E-state index contributed by atoms with van der Waals surface area (Å²) in [6.45, 7) is 0. The number of nitrogens with two attached hydrogens (primary N) is 1. The number of hydrazine groups is 1. The van der Waals surface area contributed by atoms with E-state index in [1.807, 2.05) is 6.07 Å². The maximum atomic E-state index is 6.01. The van der Waals surface area contributed by atoms with Crippen LogP contribution < -0.4 is 11.3 Å². The Labute approximate surface area is 128 Å². The SMILES string of the molecule is NNC(Cc1ccc(Cl)s1)C1CCc2ccccc2C1. The Morgan fingerprint density at radius 3 is 2.75 bits per heavy atom. The molecule has 1 heterocycles. The Kier molecular flexibility index (Phi) is 4.41. The van der Waals surface area contributed by atoms with Crippen LogP contribution in [0.2, 0.25) is 4.34 Å². The third kappa shape index (κ3) is 3.07. The molecule has 20 heavy (non-hydrogen) atoms. The highest BCUT2D eigenvalue weighted by Crippen LogP contribution is 2.30. The predicted molar refractivity (Wildman–Crippen MR) is 86.1 cm³/mol. The minimum atomic E-state index is 0.318. The number of benzene rings is 1. The van der Waals surface area contributed by atoms with Crippen LogP contribution in [0.4, 0.5) is 0 Å². The highest BCUT2D eigenvalue weighted by molar-refractivity contribution is 7.16. The van der Waals surface area contributed by atoms with Gasteiger partial charge in [0.2, 0.25) is 0 Å². The Bertz CT molecular complexity index is 581. The number of nitrogens with one attached hydrogen (secondary N) is 1.